The van der Waals surface area contributed by atoms with E-state index in [0.717, 1.165) is 43.1 Å². The SMILES string of the molecule is C=CC=O.CC#N.CCC(=O)NC.CNCC(NC(=O)CCc1nc2ccc(C(C)C)cc2s1)C1CCOCC1. The standard InChI is InChI=1S/C21H31N3O2S.C4H9NO.C3H4O.C2H3N/c1-14(2)16-4-5-17-19(12-16)27-21(24-17)7-6-20(25)23-18(13-22-3)15-8-10-26-11-9-15;1-3-4(6)5-2;1-2-3-4;1-2-3/h4-5,12,14-15,18,22H,6-11,13H2,1-3H3,(H,23,25);3H2,1-2H3,(H,5,6);2-3H,1H2;1H3. The summed E-state index contributed by atoms with van der Waals surface area (Å²) in [4.78, 5) is 36.3. The van der Waals surface area contributed by atoms with E-state index in [2.05, 4.69) is 54.6 Å². The first kappa shape index (κ1) is 36.9. The molecule has 2 heterocycles. The number of rotatable bonds is 10. The van der Waals surface area contributed by atoms with Gasteiger partial charge in [-0.15, -0.1) is 11.3 Å². The van der Waals surface area contributed by atoms with Gasteiger partial charge in [0.1, 0.15) is 6.29 Å². The number of nitrogens with one attached hydrogen (secondary N) is 3. The predicted octanol–water partition coefficient (Wildman–Crippen LogP) is 4.53. The summed E-state index contributed by atoms with van der Waals surface area (Å²) < 4.78 is 6.66. The Balaban J connectivity index is 0.000000981. The molecule has 1 fully saturated rings. The lowest BCUT2D eigenvalue weighted by Crippen LogP contribution is -2.47. The molecule has 1 saturated heterocycles. The number of likely N-dealkylation sites (N-methyl/N-ethyl adjacent to an activating group) is 1. The van der Waals surface area contributed by atoms with Crippen LogP contribution in [-0.4, -0.2) is 63.0 Å². The Hall–Kier alpha value is -3.13. The number of aldehydes is 1. The molecule has 0 radical (unpaired) electrons. The summed E-state index contributed by atoms with van der Waals surface area (Å²) in [5.41, 5.74) is 2.37. The van der Waals surface area contributed by atoms with Crippen LogP contribution in [0.3, 0.4) is 0 Å². The van der Waals surface area contributed by atoms with E-state index in [-0.39, 0.29) is 17.9 Å². The van der Waals surface area contributed by atoms with Crippen molar-refractivity contribution in [3.63, 3.8) is 0 Å². The minimum atomic E-state index is 0.0926. The number of fused-ring (bicyclic) bond motifs is 1. The van der Waals surface area contributed by atoms with Gasteiger partial charge in [0.25, 0.3) is 0 Å². The topological polar surface area (TPSA) is 133 Å². The van der Waals surface area contributed by atoms with E-state index in [1.807, 2.05) is 14.0 Å². The van der Waals surface area contributed by atoms with Gasteiger partial charge in [-0.05, 0) is 55.5 Å². The third kappa shape index (κ3) is 15.5. The van der Waals surface area contributed by atoms with Gasteiger partial charge in [-0.3, -0.25) is 14.4 Å². The minimum absolute atomic E-state index is 0.0926. The zero-order valence-corrected chi connectivity index (χ0v) is 25.7. The fourth-order valence-electron chi connectivity index (χ4n) is 3.80. The second kappa shape index (κ2) is 22.7. The summed E-state index contributed by atoms with van der Waals surface area (Å²) in [7, 11) is 3.57. The monoisotopic (exact) mass is 573 g/mol. The number of allylic oxidation sites excluding steroid dienone is 1. The Morgan fingerprint density at radius 1 is 1.25 bits per heavy atom. The van der Waals surface area contributed by atoms with Crippen LogP contribution in [0, 0.1) is 17.2 Å². The highest BCUT2D eigenvalue weighted by atomic mass is 32.1. The fourth-order valence-corrected chi connectivity index (χ4v) is 4.82. The van der Waals surface area contributed by atoms with Crippen LogP contribution in [0.15, 0.2) is 30.9 Å². The molecule has 3 rings (SSSR count). The molecule has 0 spiro atoms. The largest absolute Gasteiger partial charge is 0.381 e. The first-order chi connectivity index (χ1) is 19.2. The van der Waals surface area contributed by atoms with Gasteiger partial charge in [-0.25, -0.2) is 4.98 Å². The van der Waals surface area contributed by atoms with Crippen molar-refractivity contribution in [3.05, 3.63) is 41.4 Å². The second-order valence-electron chi connectivity index (χ2n) is 9.29. The summed E-state index contributed by atoms with van der Waals surface area (Å²) in [6, 6.07) is 8.41. The summed E-state index contributed by atoms with van der Waals surface area (Å²) in [6.45, 7) is 13.2. The molecule has 2 amide bonds. The van der Waals surface area contributed by atoms with Crippen molar-refractivity contribution in [2.75, 3.05) is 33.9 Å². The molecule has 1 atom stereocenters. The molecule has 9 nitrogen and oxygen atoms in total. The van der Waals surface area contributed by atoms with Crippen LogP contribution in [0.5, 0.6) is 0 Å². The number of aromatic nitrogens is 1. The van der Waals surface area contributed by atoms with Crippen molar-refractivity contribution in [2.45, 2.75) is 71.8 Å². The Kier molecular flexibility index (Phi) is 20.9. The van der Waals surface area contributed by atoms with Gasteiger partial charge in [0, 0.05) is 59.0 Å². The lowest BCUT2D eigenvalue weighted by atomic mass is 9.91. The highest BCUT2D eigenvalue weighted by Gasteiger charge is 2.25. The van der Waals surface area contributed by atoms with Gasteiger partial charge < -0.3 is 20.7 Å². The maximum atomic E-state index is 12.5. The van der Waals surface area contributed by atoms with Crippen molar-refractivity contribution in [1.82, 2.24) is 20.9 Å². The van der Waals surface area contributed by atoms with Crippen LogP contribution in [0.4, 0.5) is 0 Å². The van der Waals surface area contributed by atoms with E-state index in [4.69, 9.17) is 19.8 Å². The molecule has 3 N–H and O–H groups in total. The summed E-state index contributed by atoms with van der Waals surface area (Å²) in [5.74, 6) is 1.21. The number of thiazole rings is 1. The molecule has 1 aromatic carbocycles. The van der Waals surface area contributed by atoms with Crippen molar-refractivity contribution < 1.29 is 19.1 Å². The minimum Gasteiger partial charge on any atom is -0.381 e. The van der Waals surface area contributed by atoms with E-state index >= 15 is 0 Å². The third-order valence-corrected chi connectivity index (χ3v) is 7.07. The van der Waals surface area contributed by atoms with Crippen LogP contribution < -0.4 is 16.0 Å². The fraction of sp³-hybridized carbons (Fsp3) is 0.567. The van der Waals surface area contributed by atoms with Crippen LogP contribution in [0.1, 0.15) is 69.9 Å². The zero-order valence-electron chi connectivity index (χ0n) is 24.9. The number of nitrogens with zero attached hydrogens (tertiary/aromatic N) is 2. The average molecular weight is 574 g/mol. The molecule has 1 unspecified atom stereocenters. The molecule has 40 heavy (non-hydrogen) atoms. The maximum absolute atomic E-state index is 12.5. The van der Waals surface area contributed by atoms with Gasteiger partial charge in [0.2, 0.25) is 11.8 Å². The number of hydrogen-bond donors (Lipinski definition) is 3. The van der Waals surface area contributed by atoms with Gasteiger partial charge in [-0.2, -0.15) is 5.26 Å². The summed E-state index contributed by atoms with van der Waals surface area (Å²) >= 11 is 1.71. The van der Waals surface area contributed by atoms with Crippen molar-refractivity contribution in [3.8, 4) is 6.07 Å². The highest BCUT2D eigenvalue weighted by molar-refractivity contribution is 7.18. The van der Waals surface area contributed by atoms with Crippen molar-refractivity contribution >= 4 is 39.7 Å². The van der Waals surface area contributed by atoms with Gasteiger partial charge >= 0.3 is 0 Å². The first-order valence-electron chi connectivity index (χ1n) is 13.7. The molecular formula is C30H47N5O4S. The van der Waals surface area contributed by atoms with Gasteiger partial charge in [0.05, 0.1) is 21.3 Å². The molecule has 1 aliphatic heterocycles. The molecule has 2 aromatic rings. The van der Waals surface area contributed by atoms with E-state index in [9.17, 15) is 9.59 Å². The molecule has 0 saturated carbocycles. The van der Waals surface area contributed by atoms with E-state index in [1.54, 1.807) is 24.5 Å². The Morgan fingerprint density at radius 3 is 2.35 bits per heavy atom. The van der Waals surface area contributed by atoms with E-state index in [1.165, 1.54) is 23.3 Å². The number of aryl methyl sites for hydroxylation is 1. The molecule has 222 valence electrons. The lowest BCUT2D eigenvalue weighted by molar-refractivity contribution is -0.122. The van der Waals surface area contributed by atoms with Crippen LogP contribution in [0.2, 0.25) is 0 Å². The number of ether oxygens (including phenoxy) is 1. The van der Waals surface area contributed by atoms with Crippen LogP contribution in [-0.2, 0) is 25.5 Å². The second-order valence-corrected chi connectivity index (χ2v) is 10.4. The molecule has 1 aromatic heterocycles. The van der Waals surface area contributed by atoms with Crippen molar-refractivity contribution in [2.24, 2.45) is 5.92 Å². The third-order valence-electron chi connectivity index (χ3n) is 5.99. The average Bonchev–Trinajstić information content (AvgIpc) is 3.39. The lowest BCUT2D eigenvalue weighted by Gasteiger charge is -2.31. The Labute approximate surface area is 243 Å². The number of benzene rings is 1. The molecule has 0 aliphatic carbocycles. The number of nitriles is 1. The van der Waals surface area contributed by atoms with E-state index < -0.39 is 0 Å². The molecule has 0 bridgehead atoms. The number of hydrogen-bond acceptors (Lipinski definition) is 8. The summed E-state index contributed by atoms with van der Waals surface area (Å²) in [6.07, 6.45) is 5.63. The maximum Gasteiger partial charge on any atom is 0.220 e. The quantitative estimate of drug-likeness (QED) is 0.281. The van der Waals surface area contributed by atoms with Crippen LogP contribution in [0.25, 0.3) is 10.2 Å². The van der Waals surface area contributed by atoms with E-state index in [0.29, 0.717) is 37.4 Å². The van der Waals surface area contributed by atoms with Gasteiger partial charge in [0.15, 0.2) is 0 Å². The number of amides is 2. The smallest absolute Gasteiger partial charge is 0.220 e. The Morgan fingerprint density at radius 2 is 1.88 bits per heavy atom. The molecule has 10 heteroatoms. The molecule has 1 aliphatic rings. The predicted molar refractivity (Wildman–Crippen MR) is 163 cm³/mol. The van der Waals surface area contributed by atoms with Crippen LogP contribution >= 0.6 is 11.3 Å². The first-order valence-corrected chi connectivity index (χ1v) is 14.5. The zero-order chi connectivity index (χ0) is 30.3. The highest BCUT2D eigenvalue weighted by Crippen LogP contribution is 2.27. The van der Waals surface area contributed by atoms with Gasteiger partial charge in [-0.1, -0.05) is 33.4 Å². The summed E-state index contributed by atoms with van der Waals surface area (Å²) in [5, 5.41) is 17.3. The number of carbonyl (C=O) groups excluding carboxylic acids is 3. The normalized spacial score (nSPS) is 13.2. The Bertz CT molecular complexity index is 1050. The van der Waals surface area contributed by atoms with Crippen molar-refractivity contribution in [1.29, 1.82) is 5.26 Å². The number of carbonyl (C=O) groups is 3. The molecular weight excluding hydrogens is 526 g/mol.